The fourth-order valence-electron chi connectivity index (χ4n) is 4.81. The van der Waals surface area contributed by atoms with Gasteiger partial charge in [0.05, 0.1) is 11.0 Å². The van der Waals surface area contributed by atoms with Gasteiger partial charge in [-0.15, -0.1) is 0 Å². The van der Waals surface area contributed by atoms with Gasteiger partial charge in [0.15, 0.2) is 0 Å². The van der Waals surface area contributed by atoms with Crippen molar-refractivity contribution < 1.29 is 9.59 Å². The summed E-state index contributed by atoms with van der Waals surface area (Å²) in [6.45, 7) is 0.418. The lowest BCUT2D eigenvalue weighted by Crippen LogP contribution is -2.24. The molecule has 6 heteroatoms. The van der Waals surface area contributed by atoms with Crippen LogP contribution >= 0.6 is 0 Å². The zero-order valence-electron chi connectivity index (χ0n) is 19.7. The SMILES string of the molecule is O=C(CCc1nc2ccccc2n1-c1ccccc1)NCc1cccc(NC(=O)C2CCCC2)c1. The molecule has 0 atom stereocenters. The molecular weight excluding hydrogens is 436 g/mol. The third-order valence-corrected chi connectivity index (χ3v) is 6.63. The predicted octanol–water partition coefficient (Wildman–Crippen LogP) is 5.40. The van der Waals surface area contributed by atoms with Crippen LogP contribution in [-0.2, 0) is 22.6 Å². The van der Waals surface area contributed by atoms with E-state index in [0.29, 0.717) is 19.4 Å². The maximum absolute atomic E-state index is 12.7. The van der Waals surface area contributed by atoms with Crippen LogP contribution in [-0.4, -0.2) is 21.4 Å². The molecule has 0 radical (unpaired) electrons. The van der Waals surface area contributed by atoms with Gasteiger partial charge in [-0.05, 0) is 54.8 Å². The Labute approximate surface area is 205 Å². The van der Waals surface area contributed by atoms with Crippen molar-refractivity contribution in [1.82, 2.24) is 14.9 Å². The molecule has 3 aromatic carbocycles. The molecule has 1 heterocycles. The van der Waals surface area contributed by atoms with Crippen LogP contribution in [0.25, 0.3) is 16.7 Å². The van der Waals surface area contributed by atoms with Crippen molar-refractivity contribution in [3.05, 3.63) is 90.3 Å². The number of hydrogen-bond donors (Lipinski definition) is 2. The molecule has 0 spiro atoms. The summed E-state index contributed by atoms with van der Waals surface area (Å²) in [7, 11) is 0. The molecule has 0 bridgehead atoms. The fourth-order valence-corrected chi connectivity index (χ4v) is 4.81. The van der Waals surface area contributed by atoms with Gasteiger partial charge in [0.1, 0.15) is 5.82 Å². The zero-order chi connectivity index (χ0) is 24.0. The minimum absolute atomic E-state index is 0.0305. The second kappa shape index (κ2) is 10.6. The largest absolute Gasteiger partial charge is 0.352 e. The van der Waals surface area contributed by atoms with E-state index in [0.717, 1.165) is 59.5 Å². The van der Waals surface area contributed by atoms with Crippen molar-refractivity contribution in [3.63, 3.8) is 0 Å². The van der Waals surface area contributed by atoms with Crippen molar-refractivity contribution in [2.24, 2.45) is 5.92 Å². The first kappa shape index (κ1) is 22.8. The summed E-state index contributed by atoms with van der Waals surface area (Å²) in [5, 5.41) is 6.04. The van der Waals surface area contributed by atoms with Crippen LogP contribution in [0, 0.1) is 5.92 Å². The van der Waals surface area contributed by atoms with E-state index in [4.69, 9.17) is 4.98 Å². The van der Waals surface area contributed by atoms with Gasteiger partial charge in [-0.1, -0.05) is 55.3 Å². The molecule has 6 nitrogen and oxygen atoms in total. The molecular formula is C29H30N4O2. The van der Waals surface area contributed by atoms with Crippen LogP contribution in [0.2, 0.25) is 0 Å². The van der Waals surface area contributed by atoms with Crippen LogP contribution in [0.5, 0.6) is 0 Å². The minimum Gasteiger partial charge on any atom is -0.352 e. The van der Waals surface area contributed by atoms with Crippen LogP contribution in [0.4, 0.5) is 5.69 Å². The van der Waals surface area contributed by atoms with Gasteiger partial charge in [0.25, 0.3) is 0 Å². The lowest BCUT2D eigenvalue weighted by molar-refractivity contribution is -0.121. The first-order valence-corrected chi connectivity index (χ1v) is 12.4. The number of amides is 2. The van der Waals surface area contributed by atoms with Gasteiger partial charge < -0.3 is 10.6 Å². The summed E-state index contributed by atoms with van der Waals surface area (Å²) in [5.74, 6) is 1.06. The quantitative estimate of drug-likeness (QED) is 0.365. The zero-order valence-corrected chi connectivity index (χ0v) is 19.7. The molecule has 5 rings (SSSR count). The normalized spacial score (nSPS) is 13.7. The van der Waals surface area contributed by atoms with Crippen molar-refractivity contribution in [1.29, 1.82) is 0 Å². The number of para-hydroxylation sites is 3. The molecule has 4 aromatic rings. The highest BCUT2D eigenvalue weighted by atomic mass is 16.2. The number of carbonyl (C=O) groups is 2. The molecule has 1 aliphatic carbocycles. The van der Waals surface area contributed by atoms with Gasteiger partial charge >= 0.3 is 0 Å². The Hall–Kier alpha value is -3.93. The van der Waals surface area contributed by atoms with E-state index < -0.39 is 0 Å². The first-order valence-electron chi connectivity index (χ1n) is 12.4. The number of anilines is 1. The lowest BCUT2D eigenvalue weighted by atomic mass is 10.1. The van der Waals surface area contributed by atoms with Crippen LogP contribution in [0.15, 0.2) is 78.9 Å². The maximum Gasteiger partial charge on any atom is 0.227 e. The minimum atomic E-state index is -0.0305. The Morgan fingerprint density at radius 1 is 0.914 bits per heavy atom. The fraction of sp³-hybridized carbons (Fsp3) is 0.276. The molecule has 178 valence electrons. The second-order valence-electron chi connectivity index (χ2n) is 9.14. The monoisotopic (exact) mass is 466 g/mol. The lowest BCUT2D eigenvalue weighted by Gasteiger charge is -2.12. The van der Waals surface area contributed by atoms with Gasteiger partial charge in [-0.2, -0.15) is 0 Å². The Morgan fingerprint density at radius 3 is 2.51 bits per heavy atom. The number of hydrogen-bond acceptors (Lipinski definition) is 3. The van der Waals surface area contributed by atoms with Crippen molar-refractivity contribution in [2.45, 2.75) is 45.1 Å². The van der Waals surface area contributed by atoms with E-state index in [-0.39, 0.29) is 17.7 Å². The highest BCUT2D eigenvalue weighted by Crippen LogP contribution is 2.26. The number of rotatable bonds is 8. The van der Waals surface area contributed by atoms with Crippen molar-refractivity contribution >= 4 is 28.5 Å². The number of nitrogens with one attached hydrogen (secondary N) is 2. The van der Waals surface area contributed by atoms with E-state index in [1.54, 1.807) is 0 Å². The van der Waals surface area contributed by atoms with Gasteiger partial charge in [-0.25, -0.2) is 4.98 Å². The maximum atomic E-state index is 12.7. The molecule has 0 unspecified atom stereocenters. The van der Waals surface area contributed by atoms with E-state index in [9.17, 15) is 9.59 Å². The van der Waals surface area contributed by atoms with Gasteiger partial charge in [-0.3, -0.25) is 14.2 Å². The van der Waals surface area contributed by atoms with E-state index in [2.05, 4.69) is 33.4 Å². The highest BCUT2D eigenvalue weighted by Gasteiger charge is 2.22. The molecule has 0 saturated heterocycles. The molecule has 2 amide bonds. The van der Waals surface area contributed by atoms with Crippen LogP contribution in [0.3, 0.4) is 0 Å². The Morgan fingerprint density at radius 2 is 1.69 bits per heavy atom. The van der Waals surface area contributed by atoms with Crippen molar-refractivity contribution in [2.75, 3.05) is 5.32 Å². The van der Waals surface area contributed by atoms with E-state index >= 15 is 0 Å². The van der Waals surface area contributed by atoms with Gasteiger partial charge in [0, 0.05) is 36.7 Å². The topological polar surface area (TPSA) is 76.0 Å². The smallest absolute Gasteiger partial charge is 0.227 e. The Balaban J connectivity index is 1.20. The van der Waals surface area contributed by atoms with Crippen LogP contribution < -0.4 is 10.6 Å². The number of benzene rings is 3. The predicted molar refractivity (Wildman–Crippen MR) is 138 cm³/mol. The summed E-state index contributed by atoms with van der Waals surface area (Å²) in [4.78, 5) is 29.9. The molecule has 0 aliphatic heterocycles. The number of aromatic nitrogens is 2. The molecule has 1 saturated carbocycles. The Bertz CT molecular complexity index is 1320. The van der Waals surface area contributed by atoms with Crippen molar-refractivity contribution in [3.8, 4) is 5.69 Å². The Kier molecular flexibility index (Phi) is 6.89. The summed E-state index contributed by atoms with van der Waals surface area (Å²) in [5.41, 5.74) is 4.73. The number of nitrogens with zero attached hydrogens (tertiary/aromatic N) is 2. The number of imidazole rings is 1. The molecule has 1 fully saturated rings. The molecule has 35 heavy (non-hydrogen) atoms. The van der Waals surface area contributed by atoms with E-state index in [1.807, 2.05) is 60.7 Å². The number of aryl methyl sites for hydroxylation is 1. The standard InChI is InChI=1S/C29H30N4O2/c34-28(30-20-21-9-8-12-23(19-21)31-29(35)22-10-4-5-11-22)18-17-27-32-25-15-6-7-16-26(25)33(27)24-13-2-1-3-14-24/h1-3,6-9,12-16,19,22H,4-5,10-11,17-18,20H2,(H,30,34)(H,31,35). The van der Waals surface area contributed by atoms with E-state index in [1.165, 1.54) is 0 Å². The first-order chi connectivity index (χ1) is 17.2. The second-order valence-corrected chi connectivity index (χ2v) is 9.14. The average Bonchev–Trinajstić information content (AvgIpc) is 3.55. The number of fused-ring (bicyclic) bond motifs is 1. The van der Waals surface area contributed by atoms with Crippen LogP contribution in [0.1, 0.15) is 43.5 Å². The summed E-state index contributed by atoms with van der Waals surface area (Å²) < 4.78 is 2.12. The number of carbonyl (C=O) groups excluding carboxylic acids is 2. The third-order valence-electron chi connectivity index (χ3n) is 6.63. The average molecular weight is 467 g/mol. The van der Waals surface area contributed by atoms with Gasteiger partial charge in [0.2, 0.25) is 11.8 Å². The molecule has 1 aromatic heterocycles. The summed E-state index contributed by atoms with van der Waals surface area (Å²) in [6.07, 6.45) is 5.08. The third kappa shape index (κ3) is 5.43. The summed E-state index contributed by atoms with van der Waals surface area (Å²) >= 11 is 0. The summed E-state index contributed by atoms with van der Waals surface area (Å²) in [6, 6.07) is 25.8. The highest BCUT2D eigenvalue weighted by molar-refractivity contribution is 5.92. The molecule has 2 N–H and O–H groups in total. The molecule has 1 aliphatic rings.